The summed E-state index contributed by atoms with van der Waals surface area (Å²) in [5, 5.41) is 8.06. The van der Waals surface area contributed by atoms with Gasteiger partial charge in [-0.3, -0.25) is 4.68 Å². The van der Waals surface area contributed by atoms with E-state index in [1.807, 2.05) is 11.7 Å². The summed E-state index contributed by atoms with van der Waals surface area (Å²) in [6, 6.07) is 2.62. The van der Waals surface area contributed by atoms with Crippen LogP contribution in [0.25, 0.3) is 0 Å². The lowest BCUT2D eigenvalue weighted by Crippen LogP contribution is -2.29. The van der Waals surface area contributed by atoms with E-state index in [0.29, 0.717) is 12.0 Å². The minimum absolute atomic E-state index is 0.427. The lowest BCUT2D eigenvalue weighted by molar-refractivity contribution is 0.359. The highest BCUT2D eigenvalue weighted by atomic mass is 15.3. The first-order chi connectivity index (χ1) is 7.60. The Labute approximate surface area is 99.2 Å². The van der Waals surface area contributed by atoms with E-state index in [2.05, 4.69) is 44.2 Å². The molecule has 0 aliphatic rings. The third kappa shape index (κ3) is 3.08. The number of hydrogen-bond acceptors (Lipinski definition) is 2. The van der Waals surface area contributed by atoms with Crippen LogP contribution in [0.3, 0.4) is 0 Å². The minimum atomic E-state index is 0.427. The molecule has 1 rings (SSSR count). The SMILES string of the molecule is CCCNC(c1cc(C)nn1C)C(C)CC. The number of nitrogens with one attached hydrogen (secondary N) is 1. The fourth-order valence-corrected chi connectivity index (χ4v) is 2.05. The molecule has 0 aliphatic heterocycles. The molecule has 16 heavy (non-hydrogen) atoms. The van der Waals surface area contributed by atoms with Crippen molar-refractivity contribution in [2.45, 2.75) is 46.6 Å². The van der Waals surface area contributed by atoms with Gasteiger partial charge in [0, 0.05) is 7.05 Å². The lowest BCUT2D eigenvalue weighted by Gasteiger charge is -2.24. The first-order valence-corrected chi connectivity index (χ1v) is 6.34. The van der Waals surface area contributed by atoms with Crippen LogP contribution in [0.2, 0.25) is 0 Å². The Balaban J connectivity index is 2.86. The van der Waals surface area contributed by atoms with E-state index in [9.17, 15) is 0 Å². The maximum Gasteiger partial charge on any atom is 0.0597 e. The molecule has 92 valence electrons. The first kappa shape index (κ1) is 13.2. The Morgan fingerprint density at radius 1 is 1.44 bits per heavy atom. The van der Waals surface area contributed by atoms with Crippen molar-refractivity contribution in [2.75, 3.05) is 6.54 Å². The highest BCUT2D eigenvalue weighted by molar-refractivity contribution is 5.13. The topological polar surface area (TPSA) is 29.9 Å². The maximum absolute atomic E-state index is 4.43. The summed E-state index contributed by atoms with van der Waals surface area (Å²) in [5.41, 5.74) is 2.41. The average molecular weight is 223 g/mol. The van der Waals surface area contributed by atoms with E-state index in [1.165, 1.54) is 18.5 Å². The van der Waals surface area contributed by atoms with Crippen molar-refractivity contribution < 1.29 is 0 Å². The van der Waals surface area contributed by atoms with Crippen molar-refractivity contribution in [3.63, 3.8) is 0 Å². The Kier molecular flexibility index (Phi) is 5.00. The molecule has 0 amide bonds. The van der Waals surface area contributed by atoms with Crippen LogP contribution in [0.5, 0.6) is 0 Å². The predicted octanol–water partition coefficient (Wildman–Crippen LogP) is 2.82. The Morgan fingerprint density at radius 3 is 2.56 bits per heavy atom. The molecule has 1 heterocycles. The summed E-state index contributed by atoms with van der Waals surface area (Å²) >= 11 is 0. The molecule has 1 N–H and O–H groups in total. The molecule has 0 fully saturated rings. The van der Waals surface area contributed by atoms with Gasteiger partial charge in [-0.05, 0) is 31.9 Å². The Morgan fingerprint density at radius 2 is 2.12 bits per heavy atom. The lowest BCUT2D eigenvalue weighted by atomic mass is 9.96. The quantitative estimate of drug-likeness (QED) is 0.803. The van der Waals surface area contributed by atoms with Crippen LogP contribution >= 0.6 is 0 Å². The Bertz CT molecular complexity index is 317. The monoisotopic (exact) mass is 223 g/mol. The summed E-state index contributed by atoms with van der Waals surface area (Å²) in [4.78, 5) is 0. The van der Waals surface area contributed by atoms with Crippen LogP contribution < -0.4 is 5.32 Å². The molecule has 1 aromatic rings. The van der Waals surface area contributed by atoms with Gasteiger partial charge in [-0.25, -0.2) is 0 Å². The molecule has 3 heteroatoms. The van der Waals surface area contributed by atoms with Crippen LogP contribution in [-0.4, -0.2) is 16.3 Å². The van der Waals surface area contributed by atoms with Gasteiger partial charge in [0.2, 0.25) is 0 Å². The molecule has 1 aromatic heterocycles. The smallest absolute Gasteiger partial charge is 0.0597 e. The van der Waals surface area contributed by atoms with E-state index in [0.717, 1.165) is 12.2 Å². The fourth-order valence-electron chi connectivity index (χ4n) is 2.05. The maximum atomic E-state index is 4.43. The van der Waals surface area contributed by atoms with Gasteiger partial charge >= 0.3 is 0 Å². The molecule has 0 aromatic carbocycles. The fraction of sp³-hybridized carbons (Fsp3) is 0.769. The van der Waals surface area contributed by atoms with E-state index in [1.54, 1.807) is 0 Å². The van der Waals surface area contributed by atoms with Crippen LogP contribution in [-0.2, 0) is 7.05 Å². The number of nitrogens with zero attached hydrogens (tertiary/aromatic N) is 2. The van der Waals surface area contributed by atoms with E-state index in [-0.39, 0.29) is 0 Å². The van der Waals surface area contributed by atoms with Gasteiger partial charge in [0.1, 0.15) is 0 Å². The third-order valence-electron chi connectivity index (χ3n) is 3.18. The number of aryl methyl sites for hydroxylation is 2. The van der Waals surface area contributed by atoms with Gasteiger partial charge in [-0.15, -0.1) is 0 Å². The molecule has 0 radical (unpaired) electrons. The predicted molar refractivity (Wildman–Crippen MR) is 68.4 cm³/mol. The van der Waals surface area contributed by atoms with Gasteiger partial charge in [0.25, 0.3) is 0 Å². The second-order valence-electron chi connectivity index (χ2n) is 4.65. The van der Waals surface area contributed by atoms with Crippen LogP contribution in [0.1, 0.15) is 51.0 Å². The molecule has 3 nitrogen and oxygen atoms in total. The molecule has 2 unspecified atom stereocenters. The minimum Gasteiger partial charge on any atom is -0.308 e. The summed E-state index contributed by atoms with van der Waals surface area (Å²) < 4.78 is 2.01. The van der Waals surface area contributed by atoms with Crippen LogP contribution in [0.4, 0.5) is 0 Å². The second-order valence-corrected chi connectivity index (χ2v) is 4.65. The largest absolute Gasteiger partial charge is 0.308 e. The third-order valence-corrected chi connectivity index (χ3v) is 3.18. The van der Waals surface area contributed by atoms with Gasteiger partial charge in [0.05, 0.1) is 17.4 Å². The normalized spacial score (nSPS) is 15.1. The van der Waals surface area contributed by atoms with Crippen LogP contribution in [0, 0.1) is 12.8 Å². The van der Waals surface area contributed by atoms with Crippen molar-refractivity contribution >= 4 is 0 Å². The van der Waals surface area contributed by atoms with Gasteiger partial charge in [0.15, 0.2) is 0 Å². The summed E-state index contributed by atoms with van der Waals surface area (Å²) in [7, 11) is 2.03. The van der Waals surface area contributed by atoms with Crippen molar-refractivity contribution in [1.29, 1.82) is 0 Å². The zero-order valence-electron chi connectivity index (χ0n) is 11.2. The first-order valence-electron chi connectivity index (χ1n) is 6.34. The number of hydrogen-bond donors (Lipinski definition) is 1. The average Bonchev–Trinajstić information content (AvgIpc) is 2.58. The highest BCUT2D eigenvalue weighted by Gasteiger charge is 2.20. The number of rotatable bonds is 6. The van der Waals surface area contributed by atoms with Gasteiger partial charge in [-0.1, -0.05) is 27.2 Å². The molecule has 0 aliphatic carbocycles. The van der Waals surface area contributed by atoms with Gasteiger partial charge in [-0.2, -0.15) is 5.10 Å². The second kappa shape index (κ2) is 6.04. The van der Waals surface area contributed by atoms with Crippen molar-refractivity contribution in [1.82, 2.24) is 15.1 Å². The van der Waals surface area contributed by atoms with E-state index < -0.39 is 0 Å². The molecule has 0 spiro atoms. The van der Waals surface area contributed by atoms with Crippen molar-refractivity contribution in [3.05, 3.63) is 17.5 Å². The standard InChI is InChI=1S/C13H25N3/c1-6-8-14-13(10(3)7-2)12-9-11(4)15-16(12)5/h9-10,13-14H,6-8H2,1-5H3. The Hall–Kier alpha value is -0.830. The van der Waals surface area contributed by atoms with Crippen molar-refractivity contribution in [2.24, 2.45) is 13.0 Å². The molecule has 0 saturated carbocycles. The van der Waals surface area contributed by atoms with Crippen molar-refractivity contribution in [3.8, 4) is 0 Å². The summed E-state index contributed by atoms with van der Waals surface area (Å²) in [6.07, 6.45) is 2.36. The molecular weight excluding hydrogens is 198 g/mol. The molecule has 0 bridgehead atoms. The molecular formula is C13H25N3. The molecule has 0 saturated heterocycles. The van der Waals surface area contributed by atoms with E-state index in [4.69, 9.17) is 0 Å². The van der Waals surface area contributed by atoms with E-state index >= 15 is 0 Å². The number of aromatic nitrogens is 2. The zero-order chi connectivity index (χ0) is 12.1. The molecule has 2 atom stereocenters. The summed E-state index contributed by atoms with van der Waals surface area (Å²) in [6.45, 7) is 9.87. The van der Waals surface area contributed by atoms with Crippen LogP contribution in [0.15, 0.2) is 6.07 Å². The highest BCUT2D eigenvalue weighted by Crippen LogP contribution is 2.24. The zero-order valence-corrected chi connectivity index (χ0v) is 11.2. The summed E-state index contributed by atoms with van der Waals surface area (Å²) in [5.74, 6) is 0.640. The van der Waals surface area contributed by atoms with Gasteiger partial charge < -0.3 is 5.32 Å².